The third kappa shape index (κ3) is 2.28. The Labute approximate surface area is 97.9 Å². The van der Waals surface area contributed by atoms with Gasteiger partial charge in [-0.3, -0.25) is 0 Å². The summed E-state index contributed by atoms with van der Waals surface area (Å²) in [5, 5.41) is 18.7. The Hall–Kier alpha value is -0.860. The maximum absolute atomic E-state index is 9.35. The van der Waals surface area contributed by atoms with E-state index in [1.165, 1.54) is 0 Å². The molecule has 0 saturated heterocycles. The van der Waals surface area contributed by atoms with Gasteiger partial charge in [-0.15, -0.1) is 0 Å². The Bertz CT molecular complexity index is 298. The van der Waals surface area contributed by atoms with Crippen molar-refractivity contribution in [3.63, 3.8) is 0 Å². The summed E-state index contributed by atoms with van der Waals surface area (Å²) in [5.74, 6) is 0.0223. The smallest absolute Gasteiger partial charge is 0.0465 e. The summed E-state index contributed by atoms with van der Waals surface area (Å²) in [6.07, 6.45) is 0. The largest absolute Gasteiger partial charge is 0.396 e. The van der Waals surface area contributed by atoms with Gasteiger partial charge in [0.2, 0.25) is 0 Å². The Morgan fingerprint density at radius 2 is 1.50 bits per heavy atom. The summed E-state index contributed by atoms with van der Waals surface area (Å²) in [6.45, 7) is 8.33. The molecule has 1 aromatic rings. The van der Waals surface area contributed by atoms with Gasteiger partial charge >= 0.3 is 0 Å². The minimum absolute atomic E-state index is 0.0112. The summed E-state index contributed by atoms with van der Waals surface area (Å²) < 4.78 is 0. The zero-order chi connectivity index (χ0) is 12.2. The van der Waals surface area contributed by atoms with Gasteiger partial charge in [-0.2, -0.15) is 0 Å². The fourth-order valence-corrected chi connectivity index (χ4v) is 2.13. The molecule has 0 aliphatic rings. The summed E-state index contributed by atoms with van der Waals surface area (Å²) in [5.41, 5.74) is 0.628. The average molecular weight is 221 g/mol. The summed E-state index contributed by atoms with van der Waals surface area (Å²) in [4.78, 5) is 0. The van der Waals surface area contributed by atoms with Gasteiger partial charge < -0.3 is 10.2 Å². The highest BCUT2D eigenvalue weighted by molar-refractivity contribution is 5.29. The van der Waals surface area contributed by atoms with E-state index in [4.69, 9.17) is 0 Å². The monoisotopic (exact) mass is 221 g/mol. The van der Waals surface area contributed by atoms with Crippen LogP contribution in [0, 0.1) is 18.8 Å². The topological polar surface area (TPSA) is 40.5 Å². The van der Waals surface area contributed by atoms with E-state index in [-0.39, 0.29) is 25.0 Å². The first kappa shape index (κ1) is 13.2. The minimum Gasteiger partial charge on any atom is -0.396 e. The normalized spacial score (nSPS) is 18.8. The number of hydrogen-bond donors (Lipinski definition) is 2. The molecule has 2 unspecified atom stereocenters. The van der Waals surface area contributed by atoms with Gasteiger partial charge in [-0.05, 0) is 24.3 Å². The van der Waals surface area contributed by atoms with E-state index in [1.807, 2.05) is 44.2 Å². The third-order valence-corrected chi connectivity index (χ3v) is 3.62. The molecule has 1 aromatic carbocycles. The summed E-state index contributed by atoms with van der Waals surface area (Å²) >= 11 is 0. The molecule has 2 heteroatoms. The number of benzene rings is 1. The molecule has 0 aliphatic carbocycles. The lowest BCUT2D eigenvalue weighted by molar-refractivity contribution is 0.110. The van der Waals surface area contributed by atoms with Crippen LogP contribution in [0.1, 0.15) is 19.4 Å². The van der Waals surface area contributed by atoms with Crippen LogP contribution < -0.4 is 0 Å². The highest BCUT2D eigenvalue weighted by Gasteiger charge is 2.37. The predicted octanol–water partition coefficient (Wildman–Crippen LogP) is 2.02. The maximum atomic E-state index is 9.35. The van der Waals surface area contributed by atoms with Crippen LogP contribution in [0.15, 0.2) is 30.3 Å². The van der Waals surface area contributed by atoms with E-state index in [1.54, 1.807) is 0 Å². The molecule has 0 amide bonds. The van der Waals surface area contributed by atoms with Gasteiger partial charge in [0, 0.05) is 18.6 Å². The molecule has 1 rings (SSSR count). The molecule has 0 aromatic heterocycles. The first-order valence-electron chi connectivity index (χ1n) is 5.70. The second-order valence-corrected chi connectivity index (χ2v) is 4.57. The summed E-state index contributed by atoms with van der Waals surface area (Å²) in [6, 6.07) is 9.89. The van der Waals surface area contributed by atoms with Crippen molar-refractivity contribution in [2.75, 3.05) is 13.2 Å². The molecule has 89 valence electrons. The standard InChI is InChI=1S/C14H21O2/c1-11(9-15)14(3,12(2)10-16)13-7-5-4-6-8-13/h4-8,11-12,15-16H,3,9-10H2,1-2H3. The lowest BCUT2D eigenvalue weighted by Gasteiger charge is -2.40. The molecule has 2 nitrogen and oxygen atoms in total. The van der Waals surface area contributed by atoms with Gasteiger partial charge in [0.15, 0.2) is 0 Å². The second kappa shape index (κ2) is 5.46. The van der Waals surface area contributed by atoms with Gasteiger partial charge in [-0.25, -0.2) is 0 Å². The molecule has 0 spiro atoms. The van der Waals surface area contributed by atoms with E-state index in [2.05, 4.69) is 6.92 Å². The van der Waals surface area contributed by atoms with Crippen LogP contribution in [0.3, 0.4) is 0 Å². The molecule has 0 fully saturated rings. The van der Waals surface area contributed by atoms with Crippen molar-refractivity contribution < 1.29 is 10.2 Å². The van der Waals surface area contributed by atoms with Crippen molar-refractivity contribution >= 4 is 0 Å². The van der Waals surface area contributed by atoms with Crippen LogP contribution in [0.5, 0.6) is 0 Å². The molecule has 2 N–H and O–H groups in total. The third-order valence-electron chi connectivity index (χ3n) is 3.62. The lowest BCUT2D eigenvalue weighted by Crippen LogP contribution is -2.40. The van der Waals surface area contributed by atoms with E-state index in [0.717, 1.165) is 5.56 Å². The number of aliphatic hydroxyl groups is 2. The van der Waals surface area contributed by atoms with Crippen LogP contribution in [0.4, 0.5) is 0 Å². The van der Waals surface area contributed by atoms with E-state index >= 15 is 0 Å². The van der Waals surface area contributed by atoms with Crippen molar-refractivity contribution in [1.29, 1.82) is 0 Å². The minimum atomic E-state index is -0.440. The zero-order valence-corrected chi connectivity index (χ0v) is 10.1. The van der Waals surface area contributed by atoms with E-state index in [9.17, 15) is 10.2 Å². The highest BCUT2D eigenvalue weighted by atomic mass is 16.3. The van der Waals surface area contributed by atoms with Gasteiger partial charge in [0.25, 0.3) is 0 Å². The van der Waals surface area contributed by atoms with Crippen LogP contribution in [-0.4, -0.2) is 23.4 Å². The second-order valence-electron chi connectivity index (χ2n) is 4.57. The lowest BCUT2D eigenvalue weighted by atomic mass is 9.65. The van der Waals surface area contributed by atoms with Gasteiger partial charge in [0.05, 0.1) is 0 Å². The van der Waals surface area contributed by atoms with Gasteiger partial charge in [-0.1, -0.05) is 44.2 Å². The molecule has 0 aliphatic heterocycles. The Balaban J connectivity index is 3.14. The van der Waals surface area contributed by atoms with Crippen molar-refractivity contribution in [2.45, 2.75) is 19.3 Å². The first-order chi connectivity index (χ1) is 7.57. The van der Waals surface area contributed by atoms with Gasteiger partial charge in [0.1, 0.15) is 0 Å². The zero-order valence-electron chi connectivity index (χ0n) is 10.1. The fourth-order valence-electron chi connectivity index (χ4n) is 2.13. The summed E-state index contributed by atoms with van der Waals surface area (Å²) in [7, 11) is 0. The first-order valence-corrected chi connectivity index (χ1v) is 5.70. The maximum Gasteiger partial charge on any atom is 0.0465 e. The number of aliphatic hydroxyl groups excluding tert-OH is 2. The van der Waals surface area contributed by atoms with Crippen molar-refractivity contribution in [1.82, 2.24) is 0 Å². The number of hydrogen-bond acceptors (Lipinski definition) is 2. The predicted molar refractivity (Wildman–Crippen MR) is 66.0 cm³/mol. The molecule has 0 bridgehead atoms. The Morgan fingerprint density at radius 1 is 1.06 bits per heavy atom. The Morgan fingerprint density at radius 3 is 1.88 bits per heavy atom. The average Bonchev–Trinajstić information content (AvgIpc) is 2.36. The highest BCUT2D eigenvalue weighted by Crippen LogP contribution is 2.38. The molecule has 16 heavy (non-hydrogen) atoms. The molecule has 1 radical (unpaired) electrons. The van der Waals surface area contributed by atoms with Crippen LogP contribution in [0.2, 0.25) is 0 Å². The Kier molecular flexibility index (Phi) is 4.51. The van der Waals surface area contributed by atoms with Crippen LogP contribution >= 0.6 is 0 Å². The SMILES string of the molecule is [CH2]C(c1ccccc1)(C(C)CO)C(C)CO. The van der Waals surface area contributed by atoms with E-state index < -0.39 is 5.41 Å². The molecule has 0 saturated carbocycles. The molecular formula is C14H21O2. The number of rotatable bonds is 5. The van der Waals surface area contributed by atoms with E-state index in [0.29, 0.717) is 0 Å². The van der Waals surface area contributed by atoms with Crippen LogP contribution in [-0.2, 0) is 5.41 Å². The fraction of sp³-hybridized carbons (Fsp3) is 0.500. The quantitative estimate of drug-likeness (QED) is 0.798. The molecule has 0 heterocycles. The van der Waals surface area contributed by atoms with Crippen molar-refractivity contribution in [2.24, 2.45) is 11.8 Å². The van der Waals surface area contributed by atoms with Crippen molar-refractivity contribution in [3.8, 4) is 0 Å². The van der Waals surface area contributed by atoms with Crippen LogP contribution in [0.25, 0.3) is 0 Å². The molecule has 2 atom stereocenters. The molecular weight excluding hydrogens is 200 g/mol. The van der Waals surface area contributed by atoms with Crippen molar-refractivity contribution in [3.05, 3.63) is 42.8 Å².